The molecule has 6 heteroatoms. The summed E-state index contributed by atoms with van der Waals surface area (Å²) < 4.78 is 1.05. The summed E-state index contributed by atoms with van der Waals surface area (Å²) in [7, 11) is 0. The maximum Gasteiger partial charge on any atom is 0.221 e. The topological polar surface area (TPSA) is 66.9 Å². The van der Waals surface area contributed by atoms with E-state index in [9.17, 15) is 4.79 Å². The van der Waals surface area contributed by atoms with Crippen molar-refractivity contribution in [2.45, 2.75) is 39.7 Å². The van der Waals surface area contributed by atoms with Crippen molar-refractivity contribution >= 4 is 33.3 Å². The lowest BCUT2D eigenvalue weighted by Crippen LogP contribution is -2.33. The van der Waals surface area contributed by atoms with Gasteiger partial charge in [-0.15, -0.1) is 11.3 Å². The lowest BCUT2D eigenvalue weighted by Gasteiger charge is -2.11. The van der Waals surface area contributed by atoms with Gasteiger partial charge >= 0.3 is 0 Å². The van der Waals surface area contributed by atoms with E-state index in [1.807, 2.05) is 13.8 Å². The van der Waals surface area contributed by atoms with Crippen LogP contribution >= 0.6 is 11.3 Å². The molecule has 5 nitrogen and oxygen atoms in total. The van der Waals surface area contributed by atoms with Crippen molar-refractivity contribution in [2.24, 2.45) is 0 Å². The molecule has 0 saturated carbocycles. The van der Waals surface area contributed by atoms with E-state index >= 15 is 0 Å². The Labute approximate surface area is 122 Å². The summed E-state index contributed by atoms with van der Waals surface area (Å²) in [6, 6.07) is 0.230. The number of hydrogen-bond acceptors (Lipinski definition) is 5. The first kappa shape index (κ1) is 14.7. The largest absolute Gasteiger partial charge is 0.368 e. The third-order valence-corrected chi connectivity index (χ3v) is 4.29. The van der Waals surface area contributed by atoms with Crippen molar-refractivity contribution in [1.29, 1.82) is 0 Å². The highest BCUT2D eigenvalue weighted by Crippen LogP contribution is 2.28. The van der Waals surface area contributed by atoms with Gasteiger partial charge < -0.3 is 10.6 Å². The van der Waals surface area contributed by atoms with Gasteiger partial charge in [0.1, 0.15) is 12.1 Å². The fraction of sp³-hybridized carbons (Fsp3) is 0.500. The minimum absolute atomic E-state index is 0.0690. The number of anilines is 1. The molecule has 2 aromatic rings. The number of carbonyl (C=O) groups is 1. The second kappa shape index (κ2) is 6.65. The van der Waals surface area contributed by atoms with Crippen LogP contribution in [0.5, 0.6) is 0 Å². The quantitative estimate of drug-likeness (QED) is 0.859. The first-order valence-corrected chi connectivity index (χ1v) is 7.71. The molecule has 2 rings (SSSR count). The zero-order valence-electron chi connectivity index (χ0n) is 12.1. The van der Waals surface area contributed by atoms with Crippen LogP contribution in [0.4, 0.5) is 5.82 Å². The molecule has 2 N–H and O–H groups in total. The van der Waals surface area contributed by atoms with Gasteiger partial charge in [-0.2, -0.15) is 0 Å². The van der Waals surface area contributed by atoms with Crippen molar-refractivity contribution in [3.05, 3.63) is 17.3 Å². The van der Waals surface area contributed by atoms with E-state index in [1.165, 1.54) is 0 Å². The van der Waals surface area contributed by atoms with E-state index < -0.39 is 0 Å². The van der Waals surface area contributed by atoms with E-state index in [1.54, 1.807) is 17.7 Å². The SMILES string of the molecule is CCC(C)NC(=O)CCNc1ncnc2c(C)csc12. The fourth-order valence-corrected chi connectivity index (χ4v) is 2.81. The maximum absolute atomic E-state index is 11.7. The highest BCUT2D eigenvalue weighted by Gasteiger charge is 2.09. The Morgan fingerprint density at radius 2 is 2.25 bits per heavy atom. The normalized spacial score (nSPS) is 12.3. The Hall–Kier alpha value is -1.69. The number of nitrogens with one attached hydrogen (secondary N) is 2. The van der Waals surface area contributed by atoms with Gasteiger partial charge in [0, 0.05) is 19.0 Å². The molecule has 2 aromatic heterocycles. The molecular weight excluding hydrogens is 272 g/mol. The van der Waals surface area contributed by atoms with Gasteiger partial charge in [0.05, 0.1) is 10.2 Å². The molecule has 0 aliphatic carbocycles. The number of fused-ring (bicyclic) bond motifs is 1. The zero-order valence-corrected chi connectivity index (χ0v) is 12.9. The molecule has 0 aliphatic rings. The molecule has 0 aliphatic heterocycles. The van der Waals surface area contributed by atoms with Crippen LogP contribution in [0.2, 0.25) is 0 Å². The Balaban J connectivity index is 1.92. The average molecular weight is 292 g/mol. The van der Waals surface area contributed by atoms with Crippen LogP contribution in [-0.2, 0) is 4.79 Å². The standard InChI is InChI=1S/C14H20N4OS/c1-4-10(3)18-11(19)5-6-15-14-13-12(16-8-17-14)9(2)7-20-13/h7-8,10H,4-6H2,1-3H3,(H,18,19)(H,15,16,17). The summed E-state index contributed by atoms with van der Waals surface area (Å²) in [4.78, 5) is 20.2. The van der Waals surface area contributed by atoms with Gasteiger partial charge in [0.15, 0.2) is 0 Å². The molecule has 0 saturated heterocycles. The Morgan fingerprint density at radius 3 is 3.00 bits per heavy atom. The molecule has 20 heavy (non-hydrogen) atoms. The zero-order chi connectivity index (χ0) is 14.5. The second-order valence-electron chi connectivity index (χ2n) is 4.87. The van der Waals surface area contributed by atoms with Gasteiger partial charge in [-0.1, -0.05) is 6.92 Å². The molecule has 2 heterocycles. The summed E-state index contributed by atoms with van der Waals surface area (Å²) in [5.41, 5.74) is 2.14. The number of nitrogens with zero attached hydrogens (tertiary/aromatic N) is 2. The van der Waals surface area contributed by atoms with Gasteiger partial charge in [-0.05, 0) is 31.2 Å². The Bertz CT molecular complexity index is 596. The van der Waals surface area contributed by atoms with Crippen LogP contribution in [0.25, 0.3) is 10.2 Å². The molecule has 108 valence electrons. The van der Waals surface area contributed by atoms with E-state index in [0.717, 1.165) is 28.0 Å². The fourth-order valence-electron chi connectivity index (χ4n) is 1.84. The number of aromatic nitrogens is 2. The molecule has 0 radical (unpaired) electrons. The number of carbonyl (C=O) groups excluding carboxylic acids is 1. The number of aryl methyl sites for hydroxylation is 1. The van der Waals surface area contributed by atoms with Gasteiger partial charge in [0.25, 0.3) is 0 Å². The predicted molar refractivity (Wildman–Crippen MR) is 83.2 cm³/mol. The molecule has 1 atom stereocenters. The van der Waals surface area contributed by atoms with Crippen molar-refractivity contribution in [3.63, 3.8) is 0 Å². The van der Waals surface area contributed by atoms with Crippen LogP contribution in [0.1, 0.15) is 32.3 Å². The average Bonchev–Trinajstić information content (AvgIpc) is 2.81. The first-order chi connectivity index (χ1) is 9.61. The summed E-state index contributed by atoms with van der Waals surface area (Å²) >= 11 is 1.63. The van der Waals surface area contributed by atoms with Crippen LogP contribution in [0.15, 0.2) is 11.7 Å². The molecule has 0 spiro atoms. The van der Waals surface area contributed by atoms with E-state index in [2.05, 4.69) is 32.9 Å². The Kier molecular flexibility index (Phi) is 4.89. The van der Waals surface area contributed by atoms with E-state index in [4.69, 9.17) is 0 Å². The summed E-state index contributed by atoms with van der Waals surface area (Å²) in [6.07, 6.45) is 2.95. The van der Waals surface area contributed by atoms with Gasteiger partial charge in [0.2, 0.25) is 5.91 Å². The van der Waals surface area contributed by atoms with Crippen molar-refractivity contribution < 1.29 is 4.79 Å². The molecule has 1 unspecified atom stereocenters. The molecule has 0 fully saturated rings. The third kappa shape index (κ3) is 3.45. The Morgan fingerprint density at radius 1 is 1.45 bits per heavy atom. The monoisotopic (exact) mass is 292 g/mol. The van der Waals surface area contributed by atoms with Crippen LogP contribution in [0, 0.1) is 6.92 Å². The summed E-state index contributed by atoms with van der Waals surface area (Å²) in [5, 5.41) is 8.24. The second-order valence-corrected chi connectivity index (χ2v) is 5.75. The highest BCUT2D eigenvalue weighted by atomic mass is 32.1. The van der Waals surface area contributed by atoms with Crippen molar-refractivity contribution in [2.75, 3.05) is 11.9 Å². The highest BCUT2D eigenvalue weighted by molar-refractivity contribution is 7.18. The van der Waals surface area contributed by atoms with Crippen LogP contribution in [0.3, 0.4) is 0 Å². The van der Waals surface area contributed by atoms with Crippen molar-refractivity contribution in [1.82, 2.24) is 15.3 Å². The number of thiophene rings is 1. The van der Waals surface area contributed by atoms with Crippen molar-refractivity contribution in [3.8, 4) is 0 Å². The van der Waals surface area contributed by atoms with E-state index in [0.29, 0.717) is 13.0 Å². The summed E-state index contributed by atoms with van der Waals surface area (Å²) in [5.74, 6) is 0.879. The number of rotatable bonds is 6. The lowest BCUT2D eigenvalue weighted by molar-refractivity contribution is -0.121. The predicted octanol–water partition coefficient (Wildman–Crippen LogP) is 2.72. The van der Waals surface area contributed by atoms with Gasteiger partial charge in [-0.25, -0.2) is 9.97 Å². The summed E-state index contributed by atoms with van der Waals surface area (Å²) in [6.45, 7) is 6.67. The van der Waals surface area contributed by atoms with Crippen LogP contribution in [-0.4, -0.2) is 28.5 Å². The minimum Gasteiger partial charge on any atom is -0.368 e. The third-order valence-electron chi connectivity index (χ3n) is 3.20. The number of amides is 1. The maximum atomic E-state index is 11.7. The van der Waals surface area contributed by atoms with Crippen LogP contribution < -0.4 is 10.6 Å². The smallest absolute Gasteiger partial charge is 0.221 e. The number of hydrogen-bond donors (Lipinski definition) is 2. The van der Waals surface area contributed by atoms with E-state index in [-0.39, 0.29) is 11.9 Å². The molecule has 1 amide bonds. The molecule has 0 aromatic carbocycles. The first-order valence-electron chi connectivity index (χ1n) is 6.83. The lowest BCUT2D eigenvalue weighted by atomic mass is 10.2. The molecular formula is C14H20N4OS. The van der Waals surface area contributed by atoms with Gasteiger partial charge in [-0.3, -0.25) is 4.79 Å². The minimum atomic E-state index is 0.0690. The molecule has 0 bridgehead atoms.